The van der Waals surface area contributed by atoms with Crippen LogP contribution in [0.15, 0.2) is 182 Å². The second-order valence-electron chi connectivity index (χ2n) is 12.5. The van der Waals surface area contributed by atoms with Crippen LogP contribution in [0.25, 0.3) is 69.6 Å². The van der Waals surface area contributed by atoms with Gasteiger partial charge < -0.3 is 9.47 Å². The molecule has 0 saturated carbocycles. The van der Waals surface area contributed by atoms with Crippen molar-refractivity contribution in [1.82, 2.24) is 4.57 Å². The zero-order valence-electron chi connectivity index (χ0n) is 26.6. The zero-order valence-corrected chi connectivity index (χ0v) is 27.4. The molecule has 10 rings (SSSR count). The highest BCUT2D eigenvalue weighted by molar-refractivity contribution is 7.25. The van der Waals surface area contributed by atoms with E-state index in [2.05, 4.69) is 191 Å². The number of hydrogen-bond donors (Lipinski definition) is 0. The summed E-state index contributed by atoms with van der Waals surface area (Å²) in [5.74, 6) is 0. The van der Waals surface area contributed by atoms with Crippen molar-refractivity contribution in [2.45, 2.75) is 0 Å². The zero-order chi connectivity index (χ0) is 32.3. The van der Waals surface area contributed by atoms with Gasteiger partial charge in [0.1, 0.15) is 0 Å². The van der Waals surface area contributed by atoms with Crippen LogP contribution in [0.4, 0.5) is 17.1 Å². The highest BCUT2D eigenvalue weighted by Crippen LogP contribution is 2.45. The van der Waals surface area contributed by atoms with Crippen LogP contribution in [0.5, 0.6) is 0 Å². The first kappa shape index (κ1) is 27.9. The van der Waals surface area contributed by atoms with E-state index < -0.39 is 0 Å². The molecule has 0 bridgehead atoms. The minimum absolute atomic E-state index is 1.11. The van der Waals surface area contributed by atoms with Crippen molar-refractivity contribution in [1.29, 1.82) is 0 Å². The highest BCUT2D eigenvalue weighted by Gasteiger charge is 2.20. The molecule has 3 heteroatoms. The monoisotopic (exact) mass is 642 g/mol. The smallest absolute Gasteiger partial charge is 0.0541 e. The number of anilines is 3. The molecular weight excluding hydrogens is 613 g/mol. The quantitative estimate of drug-likeness (QED) is 0.181. The average molecular weight is 643 g/mol. The molecule has 0 aliphatic carbocycles. The van der Waals surface area contributed by atoms with Crippen molar-refractivity contribution in [3.8, 4) is 16.8 Å². The van der Waals surface area contributed by atoms with E-state index in [-0.39, 0.29) is 0 Å². The number of nitrogens with zero attached hydrogens (tertiary/aromatic N) is 2. The fourth-order valence-corrected chi connectivity index (χ4v) is 8.66. The van der Waals surface area contributed by atoms with Gasteiger partial charge in [0.15, 0.2) is 0 Å². The lowest BCUT2D eigenvalue weighted by Crippen LogP contribution is -2.12. The largest absolute Gasteiger partial charge is 0.309 e. The maximum Gasteiger partial charge on any atom is 0.0541 e. The first-order chi connectivity index (χ1) is 24.3. The van der Waals surface area contributed by atoms with Gasteiger partial charge in [0.2, 0.25) is 0 Å². The number of rotatable bonds is 5. The summed E-state index contributed by atoms with van der Waals surface area (Å²) in [5.41, 5.74) is 9.36. The predicted molar refractivity (Wildman–Crippen MR) is 211 cm³/mol. The molecule has 0 aliphatic rings. The topological polar surface area (TPSA) is 8.17 Å². The van der Waals surface area contributed by atoms with Crippen molar-refractivity contribution in [2.75, 3.05) is 4.90 Å². The second kappa shape index (κ2) is 11.2. The van der Waals surface area contributed by atoms with Crippen LogP contribution in [0.2, 0.25) is 0 Å². The lowest BCUT2D eigenvalue weighted by atomic mass is 9.99. The third-order valence-corrected chi connectivity index (χ3v) is 10.9. The number of thiophene rings is 1. The van der Waals surface area contributed by atoms with Gasteiger partial charge in [-0.2, -0.15) is 0 Å². The SMILES string of the molecule is c1ccc(N(c2ccc(-n3c4ccccc4c4ccccc43)cc2)c2cccc3ccccc23)c(-c2ccc3sc4ccccc4c3c2)c1. The van der Waals surface area contributed by atoms with Crippen molar-refractivity contribution in [2.24, 2.45) is 0 Å². The molecule has 0 atom stereocenters. The summed E-state index contributed by atoms with van der Waals surface area (Å²) < 4.78 is 5.02. The van der Waals surface area contributed by atoms with Crippen molar-refractivity contribution >= 4 is 81.1 Å². The summed E-state index contributed by atoms with van der Waals surface area (Å²) in [4.78, 5) is 2.43. The molecule has 0 spiro atoms. The molecule has 0 fully saturated rings. The summed E-state index contributed by atoms with van der Waals surface area (Å²) in [6, 6.07) is 66.2. The number of fused-ring (bicyclic) bond motifs is 7. The van der Waals surface area contributed by atoms with E-state index in [1.54, 1.807) is 0 Å². The first-order valence-corrected chi connectivity index (χ1v) is 17.5. The van der Waals surface area contributed by atoms with Crippen molar-refractivity contribution < 1.29 is 0 Å². The van der Waals surface area contributed by atoms with Crippen LogP contribution in [0.3, 0.4) is 0 Å². The van der Waals surface area contributed by atoms with Crippen LogP contribution in [0, 0.1) is 0 Å². The van der Waals surface area contributed by atoms with Gasteiger partial charge in [0.05, 0.1) is 22.4 Å². The number of hydrogen-bond acceptors (Lipinski definition) is 2. The standard InChI is InChI=1S/C46H30N2S/c1-2-14-35-31(12-1)13-11-22-42(35)47(33-25-27-34(28-26-33)48-43-20-8-4-16-37(43)38-17-5-9-21-44(38)48)41-19-7-3-15-36(41)32-24-29-46-40(30-32)39-18-6-10-23-45(39)49-46/h1-30H. The molecule has 10 aromatic rings. The maximum absolute atomic E-state index is 2.43. The van der Waals surface area contributed by atoms with Gasteiger partial charge in [0.25, 0.3) is 0 Å². The van der Waals surface area contributed by atoms with E-state index in [0.717, 1.165) is 22.7 Å². The molecule has 0 amide bonds. The maximum atomic E-state index is 2.43. The Kier molecular flexibility index (Phi) is 6.39. The fraction of sp³-hybridized carbons (Fsp3) is 0. The molecule has 0 saturated heterocycles. The normalized spacial score (nSPS) is 11.7. The Labute approximate surface area is 288 Å². The van der Waals surface area contributed by atoms with Crippen molar-refractivity contribution in [3.05, 3.63) is 182 Å². The van der Waals surface area contributed by atoms with E-state index in [4.69, 9.17) is 0 Å². The molecule has 2 heterocycles. The number of para-hydroxylation sites is 3. The van der Waals surface area contributed by atoms with Crippen LogP contribution < -0.4 is 4.90 Å². The molecule has 8 aromatic carbocycles. The minimum atomic E-state index is 1.11. The summed E-state index contributed by atoms with van der Waals surface area (Å²) >= 11 is 1.86. The second-order valence-corrected chi connectivity index (χ2v) is 13.6. The molecular formula is C46H30N2S. The number of aromatic nitrogens is 1. The predicted octanol–water partition coefficient (Wildman–Crippen LogP) is 13.4. The molecule has 49 heavy (non-hydrogen) atoms. The van der Waals surface area contributed by atoms with Gasteiger partial charge in [-0.15, -0.1) is 11.3 Å². The third-order valence-electron chi connectivity index (χ3n) is 9.79. The first-order valence-electron chi connectivity index (χ1n) is 16.7. The van der Waals surface area contributed by atoms with Gasteiger partial charge in [-0.05, 0) is 77.7 Å². The van der Waals surface area contributed by atoms with Crippen LogP contribution in [-0.2, 0) is 0 Å². The van der Waals surface area contributed by atoms with Gasteiger partial charge >= 0.3 is 0 Å². The minimum Gasteiger partial charge on any atom is -0.309 e. The Hall–Kier alpha value is -6.16. The summed E-state index contributed by atoms with van der Waals surface area (Å²) in [6.07, 6.45) is 0. The molecule has 0 N–H and O–H groups in total. The Morgan fingerprint density at radius 1 is 0.408 bits per heavy atom. The van der Waals surface area contributed by atoms with Crippen LogP contribution >= 0.6 is 11.3 Å². The Bertz CT molecular complexity index is 2780. The summed E-state index contributed by atoms with van der Waals surface area (Å²) in [7, 11) is 0. The van der Waals surface area contributed by atoms with Gasteiger partial charge in [-0.3, -0.25) is 0 Å². The summed E-state index contributed by atoms with van der Waals surface area (Å²) in [6.45, 7) is 0. The van der Waals surface area contributed by atoms with Gasteiger partial charge in [-0.25, -0.2) is 0 Å². The Morgan fingerprint density at radius 3 is 1.80 bits per heavy atom. The van der Waals surface area contributed by atoms with Crippen LogP contribution in [-0.4, -0.2) is 4.57 Å². The molecule has 0 radical (unpaired) electrons. The summed E-state index contributed by atoms with van der Waals surface area (Å²) in [5, 5.41) is 7.59. The number of benzene rings is 8. The highest BCUT2D eigenvalue weighted by atomic mass is 32.1. The molecule has 0 aliphatic heterocycles. The van der Waals surface area contributed by atoms with Gasteiger partial charge in [-0.1, -0.05) is 115 Å². The Morgan fingerprint density at radius 2 is 1.00 bits per heavy atom. The van der Waals surface area contributed by atoms with E-state index in [1.807, 2.05) is 11.3 Å². The van der Waals surface area contributed by atoms with E-state index >= 15 is 0 Å². The van der Waals surface area contributed by atoms with E-state index in [9.17, 15) is 0 Å². The molecule has 230 valence electrons. The van der Waals surface area contributed by atoms with Crippen LogP contribution in [0.1, 0.15) is 0 Å². The van der Waals surface area contributed by atoms with E-state index in [1.165, 1.54) is 63.9 Å². The lowest BCUT2D eigenvalue weighted by molar-refractivity contribution is 1.17. The van der Waals surface area contributed by atoms with E-state index in [0.29, 0.717) is 0 Å². The Balaban J connectivity index is 1.18. The molecule has 2 nitrogen and oxygen atoms in total. The van der Waals surface area contributed by atoms with Gasteiger partial charge in [0, 0.05) is 53.3 Å². The molecule has 2 aromatic heterocycles. The molecule has 0 unspecified atom stereocenters. The van der Waals surface area contributed by atoms with Crippen molar-refractivity contribution in [3.63, 3.8) is 0 Å². The average Bonchev–Trinajstić information content (AvgIpc) is 3.71. The third kappa shape index (κ3) is 4.47. The lowest BCUT2D eigenvalue weighted by Gasteiger charge is -2.29. The fourth-order valence-electron chi connectivity index (χ4n) is 7.57.